The van der Waals surface area contributed by atoms with Crippen LogP contribution in [-0.2, 0) is 0 Å². The lowest BCUT2D eigenvalue weighted by Gasteiger charge is -1.96. The van der Waals surface area contributed by atoms with Crippen molar-refractivity contribution in [3.63, 3.8) is 0 Å². The largest absolute Gasteiger partial charge is 0.422 e. The minimum atomic E-state index is -0.630. The van der Waals surface area contributed by atoms with Crippen LogP contribution in [-0.4, -0.2) is 4.92 Å². The number of rotatable bonds is 2. The molecule has 5 heteroatoms. The van der Waals surface area contributed by atoms with Crippen molar-refractivity contribution in [2.24, 2.45) is 0 Å². The lowest BCUT2D eigenvalue weighted by atomic mass is 10.2. The highest BCUT2D eigenvalue weighted by Gasteiger charge is 2.02. The topological polar surface area (TPSA) is 73.3 Å². The molecule has 80 valence electrons. The summed E-state index contributed by atoms with van der Waals surface area (Å²) < 4.78 is 5.00. The molecule has 1 aromatic carbocycles. The van der Waals surface area contributed by atoms with Gasteiger partial charge >= 0.3 is 5.63 Å². The van der Waals surface area contributed by atoms with E-state index in [1.807, 2.05) is 0 Å². The molecule has 0 radical (unpaired) electrons. The number of nitro groups is 1. The maximum Gasteiger partial charge on any atom is 0.343 e. The van der Waals surface area contributed by atoms with E-state index in [4.69, 9.17) is 4.42 Å². The third kappa shape index (κ3) is 1.98. The Hall–Kier alpha value is -2.43. The van der Waals surface area contributed by atoms with Gasteiger partial charge in [0, 0.05) is 11.5 Å². The molecule has 0 N–H and O–H groups in total. The van der Waals surface area contributed by atoms with Crippen LogP contribution in [0.1, 0.15) is 5.56 Å². The highest BCUT2D eigenvalue weighted by Crippen LogP contribution is 2.13. The van der Waals surface area contributed by atoms with Crippen LogP contribution in [0, 0.1) is 10.1 Å². The van der Waals surface area contributed by atoms with Crippen molar-refractivity contribution in [1.29, 1.82) is 0 Å². The van der Waals surface area contributed by atoms with E-state index in [0.29, 0.717) is 11.8 Å². The number of hydrogen-bond acceptors (Lipinski definition) is 4. The van der Waals surface area contributed by atoms with Crippen molar-refractivity contribution in [2.45, 2.75) is 0 Å². The summed E-state index contributed by atoms with van der Waals surface area (Å²) in [5.74, 6) is 0. The van der Waals surface area contributed by atoms with Gasteiger partial charge in [0.25, 0.3) is 0 Å². The van der Waals surface area contributed by atoms with Gasteiger partial charge in [-0.25, -0.2) is 4.79 Å². The minimum Gasteiger partial charge on any atom is -0.422 e. The zero-order chi connectivity index (χ0) is 11.5. The van der Waals surface area contributed by atoms with E-state index < -0.39 is 10.5 Å². The maximum atomic E-state index is 11.4. The van der Waals surface area contributed by atoms with Crippen molar-refractivity contribution in [1.82, 2.24) is 0 Å². The zero-order valence-electron chi connectivity index (χ0n) is 8.12. The number of hydrogen-bond donors (Lipinski definition) is 0. The van der Waals surface area contributed by atoms with Gasteiger partial charge in [0.1, 0.15) is 5.58 Å². The molecule has 1 aromatic heterocycles. The molecule has 0 saturated carbocycles. The third-order valence-electron chi connectivity index (χ3n) is 2.04. The molecule has 0 atom stereocenters. The molecular formula is C11H7NO4. The molecule has 2 aromatic rings. The first-order valence-electron chi connectivity index (χ1n) is 4.51. The minimum absolute atomic E-state index is 0.162. The van der Waals surface area contributed by atoms with Gasteiger partial charge in [0.15, 0.2) is 0 Å². The Morgan fingerprint density at radius 3 is 2.81 bits per heavy atom. The Labute approximate surface area is 89.8 Å². The number of benzene rings is 1. The average molecular weight is 217 g/mol. The van der Waals surface area contributed by atoms with E-state index in [2.05, 4.69) is 0 Å². The van der Waals surface area contributed by atoms with Crippen molar-refractivity contribution in [3.8, 4) is 0 Å². The summed E-state index contributed by atoms with van der Waals surface area (Å²) in [7, 11) is 0. The van der Waals surface area contributed by atoms with Gasteiger partial charge in [-0.3, -0.25) is 10.1 Å². The first-order valence-corrected chi connectivity index (χ1v) is 4.51. The fraction of sp³-hybridized carbons (Fsp3) is 0. The van der Waals surface area contributed by atoms with Crippen LogP contribution in [0.25, 0.3) is 17.0 Å². The third-order valence-corrected chi connectivity index (χ3v) is 2.04. The molecule has 5 nitrogen and oxygen atoms in total. The van der Waals surface area contributed by atoms with E-state index in [1.165, 1.54) is 0 Å². The predicted octanol–water partition coefficient (Wildman–Crippen LogP) is 2.04. The first kappa shape index (κ1) is 10.1. The Balaban J connectivity index is 2.59. The summed E-state index contributed by atoms with van der Waals surface area (Å²) in [5.41, 5.74) is 0.0398. The molecule has 0 aliphatic carbocycles. The molecule has 0 bridgehead atoms. The number of nitrogens with zero attached hydrogens (tertiary/aromatic N) is 1. The highest BCUT2D eigenvalue weighted by atomic mass is 16.6. The molecule has 16 heavy (non-hydrogen) atoms. The van der Waals surface area contributed by atoms with Crippen LogP contribution in [0.15, 0.2) is 45.7 Å². The number of fused-ring (bicyclic) bond motifs is 1. The zero-order valence-corrected chi connectivity index (χ0v) is 8.12. The maximum absolute atomic E-state index is 11.4. The van der Waals surface area contributed by atoms with Crippen molar-refractivity contribution in [2.75, 3.05) is 0 Å². The quantitative estimate of drug-likeness (QED) is 0.438. The standard InChI is InChI=1S/C11H7NO4/c13-11-9(5-6-12(14)15)7-8-3-1-2-4-10(8)16-11/h1-7H/b6-5+. The van der Waals surface area contributed by atoms with Crippen LogP contribution >= 0.6 is 0 Å². The van der Waals surface area contributed by atoms with Gasteiger partial charge in [0.2, 0.25) is 6.20 Å². The van der Waals surface area contributed by atoms with Gasteiger partial charge in [0.05, 0.1) is 10.5 Å². The van der Waals surface area contributed by atoms with Crippen molar-refractivity contribution in [3.05, 3.63) is 62.6 Å². The van der Waals surface area contributed by atoms with E-state index in [1.54, 1.807) is 30.3 Å². The van der Waals surface area contributed by atoms with Gasteiger partial charge in [-0.05, 0) is 12.1 Å². The molecule has 0 aliphatic heterocycles. The summed E-state index contributed by atoms with van der Waals surface area (Å²) >= 11 is 0. The molecule has 0 spiro atoms. The van der Waals surface area contributed by atoms with Crippen LogP contribution in [0.5, 0.6) is 0 Å². The van der Waals surface area contributed by atoms with Crippen LogP contribution < -0.4 is 5.63 Å². The van der Waals surface area contributed by atoms with Crippen LogP contribution in [0.4, 0.5) is 0 Å². The first-order chi connectivity index (χ1) is 7.66. The fourth-order valence-corrected chi connectivity index (χ4v) is 1.34. The molecule has 0 aliphatic rings. The number of para-hydroxylation sites is 1. The molecule has 2 rings (SSSR count). The Bertz CT molecular complexity index is 627. The summed E-state index contributed by atoms with van der Waals surface area (Å²) in [6, 6.07) is 8.53. The average Bonchev–Trinajstić information content (AvgIpc) is 2.26. The van der Waals surface area contributed by atoms with E-state index >= 15 is 0 Å². The summed E-state index contributed by atoms with van der Waals surface area (Å²) in [6.07, 6.45) is 1.83. The second-order valence-corrected chi connectivity index (χ2v) is 3.13. The summed E-state index contributed by atoms with van der Waals surface area (Å²) in [4.78, 5) is 20.9. The Morgan fingerprint density at radius 2 is 2.06 bits per heavy atom. The predicted molar refractivity (Wildman–Crippen MR) is 58.5 cm³/mol. The molecule has 0 fully saturated rings. The van der Waals surface area contributed by atoms with E-state index in [0.717, 1.165) is 11.5 Å². The van der Waals surface area contributed by atoms with Gasteiger partial charge in [-0.2, -0.15) is 0 Å². The fourth-order valence-electron chi connectivity index (χ4n) is 1.34. The second kappa shape index (κ2) is 3.98. The molecular weight excluding hydrogens is 210 g/mol. The van der Waals surface area contributed by atoms with Gasteiger partial charge in [-0.15, -0.1) is 0 Å². The summed E-state index contributed by atoms with van der Waals surface area (Å²) in [6.45, 7) is 0. The smallest absolute Gasteiger partial charge is 0.343 e. The SMILES string of the molecule is O=c1oc2ccccc2cc1/C=C/[N+](=O)[O-]. The van der Waals surface area contributed by atoms with Crippen LogP contribution in [0.3, 0.4) is 0 Å². The van der Waals surface area contributed by atoms with Gasteiger partial charge < -0.3 is 4.42 Å². The highest BCUT2D eigenvalue weighted by molar-refractivity contribution is 5.78. The van der Waals surface area contributed by atoms with Crippen molar-refractivity contribution >= 4 is 17.0 Å². The van der Waals surface area contributed by atoms with Gasteiger partial charge in [-0.1, -0.05) is 18.2 Å². The monoisotopic (exact) mass is 217 g/mol. The Kier molecular flexibility index (Phi) is 2.51. The molecule has 0 saturated heterocycles. The molecule has 1 heterocycles. The van der Waals surface area contributed by atoms with Crippen molar-refractivity contribution < 1.29 is 9.34 Å². The van der Waals surface area contributed by atoms with E-state index in [9.17, 15) is 14.9 Å². The normalized spacial score (nSPS) is 11.0. The second-order valence-electron chi connectivity index (χ2n) is 3.13. The molecule has 0 amide bonds. The lowest BCUT2D eigenvalue weighted by Crippen LogP contribution is -2.02. The molecule has 0 unspecified atom stereocenters. The Morgan fingerprint density at radius 1 is 1.31 bits per heavy atom. The summed E-state index contributed by atoms with van der Waals surface area (Å²) in [5, 5.41) is 10.9. The van der Waals surface area contributed by atoms with Crippen LogP contribution in [0.2, 0.25) is 0 Å². The van der Waals surface area contributed by atoms with E-state index in [-0.39, 0.29) is 5.56 Å². The lowest BCUT2D eigenvalue weighted by molar-refractivity contribution is -0.400.